The minimum atomic E-state index is 0.278. The smallest absolute Gasteiger partial charge is 0.145 e. The fourth-order valence-electron chi connectivity index (χ4n) is 6.85. The fraction of sp³-hybridized carbons (Fsp3) is 0.519. The first kappa shape index (κ1) is 18.1. The maximum Gasteiger partial charge on any atom is 0.145 e. The molecule has 4 heteroatoms. The molecule has 0 aromatic heterocycles. The number of benzene rings is 1. The Morgan fingerprint density at radius 3 is 2.77 bits per heavy atom. The largest absolute Gasteiger partial charge is 0.487 e. The molecule has 4 heterocycles. The Morgan fingerprint density at radius 1 is 1.06 bits per heavy atom. The van der Waals surface area contributed by atoms with Crippen molar-refractivity contribution in [2.24, 2.45) is 22.7 Å². The van der Waals surface area contributed by atoms with Crippen molar-refractivity contribution in [3.8, 4) is 0 Å². The predicted molar refractivity (Wildman–Crippen MR) is 122 cm³/mol. The van der Waals surface area contributed by atoms with E-state index in [-0.39, 0.29) is 6.10 Å². The molecular weight excluding hydrogens is 382 g/mol. The Labute approximate surface area is 185 Å². The third-order valence-corrected chi connectivity index (χ3v) is 8.24. The maximum atomic E-state index is 6.74. The van der Waals surface area contributed by atoms with Crippen molar-refractivity contribution in [2.45, 2.75) is 57.8 Å². The Hall–Kier alpha value is -2.49. The van der Waals surface area contributed by atoms with Crippen LogP contribution in [0.5, 0.6) is 0 Å². The van der Waals surface area contributed by atoms with Crippen LogP contribution >= 0.6 is 0 Å². The van der Waals surface area contributed by atoms with Crippen LogP contribution in [0.15, 0.2) is 70.2 Å². The molecule has 2 aliphatic carbocycles. The van der Waals surface area contributed by atoms with Crippen molar-refractivity contribution in [3.63, 3.8) is 0 Å². The summed E-state index contributed by atoms with van der Waals surface area (Å²) in [6.07, 6.45) is 11.5. The molecule has 0 saturated carbocycles. The van der Waals surface area contributed by atoms with Gasteiger partial charge in [-0.2, -0.15) is 0 Å². The molecule has 0 N–H and O–H groups in total. The van der Waals surface area contributed by atoms with Gasteiger partial charge in [-0.25, -0.2) is 0 Å². The van der Waals surface area contributed by atoms with E-state index in [9.17, 15) is 0 Å². The number of hydrogen-bond donors (Lipinski definition) is 0. The van der Waals surface area contributed by atoms with Crippen LogP contribution < -0.4 is 0 Å². The molecule has 0 radical (unpaired) electrons. The molecule has 0 bridgehead atoms. The molecule has 0 amide bonds. The number of rotatable bonds is 2. The van der Waals surface area contributed by atoms with Gasteiger partial charge in [0.2, 0.25) is 0 Å². The van der Waals surface area contributed by atoms with Crippen LogP contribution in [-0.2, 0) is 11.3 Å². The van der Waals surface area contributed by atoms with Gasteiger partial charge in [0.05, 0.1) is 11.6 Å². The lowest BCUT2D eigenvalue weighted by Crippen LogP contribution is -2.38. The van der Waals surface area contributed by atoms with Gasteiger partial charge in [0.25, 0.3) is 0 Å². The average Bonchev–Trinajstić information content (AvgIpc) is 3.44. The van der Waals surface area contributed by atoms with E-state index in [0.29, 0.717) is 23.9 Å². The van der Waals surface area contributed by atoms with Gasteiger partial charge in [-0.15, -0.1) is 0 Å². The molecule has 2 saturated heterocycles. The van der Waals surface area contributed by atoms with Crippen molar-refractivity contribution in [1.82, 2.24) is 9.80 Å². The highest BCUT2D eigenvalue weighted by atomic mass is 16.5. The molecular formula is C27H31N3O. The van der Waals surface area contributed by atoms with E-state index in [2.05, 4.69) is 59.2 Å². The highest BCUT2D eigenvalue weighted by Crippen LogP contribution is 2.51. The Kier molecular flexibility index (Phi) is 3.95. The SMILES string of the molecule is CC1C=CC2C3=NCC4CN5C6=C(CCCC6)N(Cc6ccccc6)C5C4=C3OC2C1. The van der Waals surface area contributed by atoms with Crippen molar-refractivity contribution in [1.29, 1.82) is 0 Å². The summed E-state index contributed by atoms with van der Waals surface area (Å²) in [5.74, 6) is 2.62. The van der Waals surface area contributed by atoms with Crippen LogP contribution in [0.3, 0.4) is 0 Å². The number of fused-ring (bicyclic) bond motifs is 7. The number of nitrogens with zero attached hydrogens (tertiary/aromatic N) is 3. The molecule has 4 nitrogen and oxygen atoms in total. The zero-order chi connectivity index (χ0) is 20.5. The quantitative estimate of drug-likeness (QED) is 0.648. The first-order chi connectivity index (χ1) is 15.3. The topological polar surface area (TPSA) is 28.1 Å². The molecule has 160 valence electrons. The van der Waals surface area contributed by atoms with E-state index in [1.165, 1.54) is 42.5 Å². The lowest BCUT2D eigenvalue weighted by molar-refractivity contribution is 0.112. The highest BCUT2D eigenvalue weighted by molar-refractivity contribution is 6.05. The molecule has 7 rings (SSSR count). The summed E-state index contributed by atoms with van der Waals surface area (Å²) < 4.78 is 6.74. The van der Waals surface area contributed by atoms with Gasteiger partial charge in [0.1, 0.15) is 18.0 Å². The summed E-state index contributed by atoms with van der Waals surface area (Å²) >= 11 is 0. The molecule has 1 aromatic carbocycles. The molecule has 0 spiro atoms. The van der Waals surface area contributed by atoms with Gasteiger partial charge in [0, 0.05) is 42.5 Å². The number of aliphatic imine (C=N–C) groups is 1. The second-order valence-electron chi connectivity index (χ2n) is 10.2. The lowest BCUT2D eigenvalue weighted by Gasteiger charge is -2.32. The van der Waals surface area contributed by atoms with Gasteiger partial charge in [-0.05, 0) is 43.6 Å². The number of allylic oxidation sites excluding steroid dienone is 4. The van der Waals surface area contributed by atoms with E-state index < -0.39 is 0 Å². The van der Waals surface area contributed by atoms with Gasteiger partial charge < -0.3 is 14.5 Å². The first-order valence-corrected chi connectivity index (χ1v) is 12.2. The highest BCUT2D eigenvalue weighted by Gasteiger charge is 2.53. The van der Waals surface area contributed by atoms with Gasteiger partial charge in [0.15, 0.2) is 0 Å². The zero-order valence-corrected chi connectivity index (χ0v) is 18.3. The number of hydrogen-bond acceptors (Lipinski definition) is 4. The van der Waals surface area contributed by atoms with Crippen LogP contribution in [0.2, 0.25) is 0 Å². The van der Waals surface area contributed by atoms with Crippen molar-refractivity contribution in [3.05, 3.63) is 70.8 Å². The monoisotopic (exact) mass is 413 g/mol. The minimum absolute atomic E-state index is 0.278. The first-order valence-electron chi connectivity index (χ1n) is 12.2. The summed E-state index contributed by atoms with van der Waals surface area (Å²) in [4.78, 5) is 10.6. The third kappa shape index (κ3) is 2.63. The Bertz CT molecular complexity index is 1040. The molecule has 2 fully saturated rings. The standard InChI is InChI=1S/C27H31N3O/c1-17-11-12-20-23(13-17)31-26-24-19(14-28-25(20)26)16-30-22-10-6-5-9-21(22)29(27(24)30)15-18-7-3-2-4-8-18/h2-4,7-8,11-12,17,19-20,23,27H,5-6,9-10,13-16H2,1H3. The Balaban J connectivity index is 1.31. The van der Waals surface area contributed by atoms with Crippen molar-refractivity contribution in [2.75, 3.05) is 13.1 Å². The average molecular weight is 414 g/mol. The second-order valence-corrected chi connectivity index (χ2v) is 10.2. The van der Waals surface area contributed by atoms with E-state index in [1.54, 1.807) is 11.4 Å². The van der Waals surface area contributed by atoms with Gasteiger partial charge in [-0.3, -0.25) is 4.99 Å². The summed E-state index contributed by atoms with van der Waals surface area (Å²) in [5, 5.41) is 0. The van der Waals surface area contributed by atoms with Crippen molar-refractivity contribution >= 4 is 5.71 Å². The zero-order valence-electron chi connectivity index (χ0n) is 18.3. The van der Waals surface area contributed by atoms with Crippen LogP contribution in [0.1, 0.15) is 44.6 Å². The van der Waals surface area contributed by atoms with E-state index in [0.717, 1.165) is 31.8 Å². The van der Waals surface area contributed by atoms with Crippen LogP contribution in [0, 0.1) is 17.8 Å². The number of dihydropyridines is 1. The lowest BCUT2D eigenvalue weighted by atomic mass is 9.83. The minimum Gasteiger partial charge on any atom is -0.487 e. The molecule has 5 atom stereocenters. The van der Waals surface area contributed by atoms with E-state index in [4.69, 9.17) is 9.73 Å². The normalized spacial score (nSPS) is 35.4. The summed E-state index contributed by atoms with van der Waals surface area (Å²) in [6.45, 7) is 5.32. The second kappa shape index (κ2) is 6.75. The molecule has 31 heavy (non-hydrogen) atoms. The van der Waals surface area contributed by atoms with Crippen LogP contribution in [0.4, 0.5) is 0 Å². The summed E-state index contributed by atoms with van der Waals surface area (Å²) in [6, 6.07) is 11.0. The van der Waals surface area contributed by atoms with E-state index >= 15 is 0 Å². The van der Waals surface area contributed by atoms with Crippen LogP contribution in [-0.4, -0.2) is 40.9 Å². The predicted octanol–water partition coefficient (Wildman–Crippen LogP) is 4.87. The summed E-state index contributed by atoms with van der Waals surface area (Å²) in [5.41, 5.74) is 7.38. The van der Waals surface area contributed by atoms with Gasteiger partial charge in [-0.1, -0.05) is 49.4 Å². The molecule has 5 unspecified atom stereocenters. The van der Waals surface area contributed by atoms with Gasteiger partial charge >= 0.3 is 0 Å². The molecule has 6 aliphatic rings. The molecule has 4 aliphatic heterocycles. The third-order valence-electron chi connectivity index (χ3n) is 8.24. The van der Waals surface area contributed by atoms with Crippen LogP contribution in [0.25, 0.3) is 0 Å². The number of ether oxygens (including phenoxy) is 1. The summed E-state index contributed by atoms with van der Waals surface area (Å²) in [7, 11) is 0. The molecule has 1 aromatic rings. The van der Waals surface area contributed by atoms with E-state index in [1.807, 2.05) is 0 Å². The fourth-order valence-corrected chi connectivity index (χ4v) is 6.85. The maximum absolute atomic E-state index is 6.74. The van der Waals surface area contributed by atoms with Crippen molar-refractivity contribution < 1.29 is 4.74 Å². The Morgan fingerprint density at radius 2 is 1.90 bits per heavy atom.